The van der Waals surface area contributed by atoms with E-state index in [1.807, 2.05) is 0 Å². The first-order valence-electron chi connectivity index (χ1n) is 6.86. The van der Waals surface area contributed by atoms with Crippen LogP contribution in [0.4, 0.5) is 14.5 Å². The molecule has 21 heavy (non-hydrogen) atoms. The highest BCUT2D eigenvalue weighted by Gasteiger charge is 2.45. The van der Waals surface area contributed by atoms with Crippen molar-refractivity contribution in [2.45, 2.75) is 43.6 Å². The van der Waals surface area contributed by atoms with E-state index in [0.717, 1.165) is 0 Å². The Labute approximate surface area is 119 Å². The third-order valence-electron chi connectivity index (χ3n) is 4.29. The minimum absolute atomic E-state index is 0.128. The van der Waals surface area contributed by atoms with Gasteiger partial charge >= 0.3 is 0 Å². The number of alkyl halides is 2. The average molecular weight is 299 g/mol. The Bertz CT molecular complexity index is 593. The quantitative estimate of drug-likeness (QED) is 0.673. The zero-order valence-corrected chi connectivity index (χ0v) is 11.3. The first-order valence-corrected chi connectivity index (χ1v) is 6.86. The summed E-state index contributed by atoms with van der Waals surface area (Å²) in [5.74, 6) is -2.36. The molecule has 7 heteroatoms. The molecule has 0 unspecified atom stereocenters. The summed E-state index contributed by atoms with van der Waals surface area (Å²) in [5.41, 5.74) is -0.688. The Morgan fingerprint density at radius 3 is 2.52 bits per heavy atom. The first kappa shape index (κ1) is 14.2. The smallest absolute Gasteiger partial charge is 0.270 e. The van der Waals surface area contributed by atoms with E-state index in [1.54, 1.807) is 0 Å². The maximum absolute atomic E-state index is 13.3. The zero-order valence-electron chi connectivity index (χ0n) is 11.3. The Morgan fingerprint density at radius 1 is 1.24 bits per heavy atom. The molecule has 0 aromatic heterocycles. The predicted molar refractivity (Wildman–Crippen MR) is 69.6 cm³/mol. The number of nitrogens with zero attached hydrogens (tertiary/aromatic N) is 1. The standard InChI is InChI=1S/C14H15F2NO4/c15-14(16)4-2-13(18,3-5-14)11-8-10(17(19)20)7-9-1-6-21-12(9)11/h7-8,18H,1-6H2. The lowest BCUT2D eigenvalue weighted by Crippen LogP contribution is -2.36. The Kier molecular flexibility index (Phi) is 3.12. The van der Waals surface area contributed by atoms with Crippen molar-refractivity contribution in [3.63, 3.8) is 0 Å². The van der Waals surface area contributed by atoms with Gasteiger partial charge in [-0.25, -0.2) is 8.78 Å². The van der Waals surface area contributed by atoms with Crippen molar-refractivity contribution in [2.24, 2.45) is 0 Å². The summed E-state index contributed by atoms with van der Waals surface area (Å²) < 4.78 is 32.1. The molecule has 0 amide bonds. The van der Waals surface area contributed by atoms with Gasteiger partial charge in [-0.1, -0.05) is 0 Å². The van der Waals surface area contributed by atoms with Gasteiger partial charge in [0.05, 0.1) is 17.1 Å². The van der Waals surface area contributed by atoms with Crippen molar-refractivity contribution in [1.29, 1.82) is 0 Å². The van der Waals surface area contributed by atoms with Crippen molar-refractivity contribution in [2.75, 3.05) is 6.61 Å². The Hall–Kier alpha value is -1.76. The number of hydrogen-bond acceptors (Lipinski definition) is 4. The molecule has 1 aromatic rings. The lowest BCUT2D eigenvalue weighted by atomic mass is 9.77. The van der Waals surface area contributed by atoms with Gasteiger partial charge in [-0.05, 0) is 12.8 Å². The van der Waals surface area contributed by atoms with Crippen molar-refractivity contribution >= 4 is 5.69 Å². The van der Waals surface area contributed by atoms with Crippen LogP contribution in [0.3, 0.4) is 0 Å². The molecule has 0 spiro atoms. The molecule has 5 nitrogen and oxygen atoms in total. The maximum Gasteiger partial charge on any atom is 0.270 e. The highest BCUT2D eigenvalue weighted by molar-refractivity contribution is 5.54. The molecule has 0 atom stereocenters. The van der Waals surface area contributed by atoms with Crippen molar-refractivity contribution in [1.82, 2.24) is 0 Å². The summed E-state index contributed by atoms with van der Waals surface area (Å²) in [6.07, 6.45) is -0.591. The second kappa shape index (κ2) is 4.62. The van der Waals surface area contributed by atoms with E-state index in [-0.39, 0.29) is 24.1 Å². The van der Waals surface area contributed by atoms with E-state index in [2.05, 4.69) is 0 Å². The molecule has 3 rings (SSSR count). The first-order chi connectivity index (χ1) is 9.81. The number of rotatable bonds is 2. The largest absolute Gasteiger partial charge is 0.493 e. The number of benzene rings is 1. The molecule has 1 aliphatic heterocycles. The number of hydrogen-bond donors (Lipinski definition) is 1. The lowest BCUT2D eigenvalue weighted by Gasteiger charge is -2.36. The summed E-state index contributed by atoms with van der Waals surface area (Å²) in [4.78, 5) is 10.5. The predicted octanol–water partition coefficient (Wildman–Crippen LogP) is 2.93. The molecule has 1 aromatic carbocycles. The molecule has 1 fully saturated rings. The highest BCUT2D eigenvalue weighted by Crippen LogP contribution is 2.48. The number of aliphatic hydroxyl groups is 1. The van der Waals surface area contributed by atoms with Gasteiger partial charge in [0.1, 0.15) is 5.75 Å². The summed E-state index contributed by atoms with van der Waals surface area (Å²) >= 11 is 0. The molecule has 1 aliphatic carbocycles. The Balaban J connectivity index is 2.03. The van der Waals surface area contributed by atoms with Crippen LogP contribution >= 0.6 is 0 Å². The van der Waals surface area contributed by atoms with E-state index < -0.39 is 29.3 Å². The SMILES string of the molecule is O=[N+]([O-])c1cc2c(c(C3(O)CCC(F)(F)CC3)c1)OCC2. The van der Waals surface area contributed by atoms with Crippen LogP contribution in [0.2, 0.25) is 0 Å². The molecule has 1 heterocycles. The van der Waals surface area contributed by atoms with Gasteiger partial charge in [-0.15, -0.1) is 0 Å². The van der Waals surface area contributed by atoms with Crippen molar-refractivity contribution < 1.29 is 23.5 Å². The van der Waals surface area contributed by atoms with Crippen LogP contribution in [0, 0.1) is 10.1 Å². The van der Waals surface area contributed by atoms with Crippen molar-refractivity contribution in [3.05, 3.63) is 33.4 Å². The second-order valence-electron chi connectivity index (χ2n) is 5.72. The van der Waals surface area contributed by atoms with Crippen molar-refractivity contribution in [3.8, 4) is 5.75 Å². The zero-order chi connectivity index (χ0) is 15.3. The van der Waals surface area contributed by atoms with E-state index in [9.17, 15) is 24.0 Å². The molecular formula is C14H15F2NO4. The normalized spacial score (nSPS) is 22.4. The van der Waals surface area contributed by atoms with Crippen LogP contribution in [0.1, 0.15) is 36.8 Å². The molecule has 2 aliphatic rings. The van der Waals surface area contributed by atoms with Gasteiger partial charge < -0.3 is 9.84 Å². The summed E-state index contributed by atoms with van der Waals surface area (Å²) in [5, 5.41) is 21.7. The minimum atomic E-state index is -2.78. The van der Waals surface area contributed by atoms with Gasteiger partial charge in [0, 0.05) is 42.5 Å². The fourth-order valence-electron chi connectivity index (χ4n) is 3.04. The van der Waals surface area contributed by atoms with E-state index in [1.165, 1.54) is 12.1 Å². The number of halogens is 2. The molecule has 0 bridgehead atoms. The van der Waals surface area contributed by atoms with Crippen LogP contribution in [0.5, 0.6) is 5.75 Å². The number of fused-ring (bicyclic) bond motifs is 1. The third kappa shape index (κ3) is 2.46. The maximum atomic E-state index is 13.3. The van der Waals surface area contributed by atoms with Gasteiger partial charge in [0.2, 0.25) is 5.92 Å². The van der Waals surface area contributed by atoms with Gasteiger partial charge in [-0.2, -0.15) is 0 Å². The number of ether oxygens (including phenoxy) is 1. The molecule has 0 radical (unpaired) electrons. The fourth-order valence-corrected chi connectivity index (χ4v) is 3.04. The average Bonchev–Trinajstić information content (AvgIpc) is 2.89. The number of nitro groups is 1. The summed E-state index contributed by atoms with van der Waals surface area (Å²) in [6.45, 7) is 0.385. The number of non-ortho nitro benzene ring substituents is 1. The summed E-state index contributed by atoms with van der Waals surface area (Å²) in [6, 6.07) is 2.68. The van der Waals surface area contributed by atoms with Crippen LogP contribution in [-0.4, -0.2) is 22.6 Å². The van der Waals surface area contributed by atoms with E-state index >= 15 is 0 Å². The van der Waals surface area contributed by atoms with Crippen LogP contribution in [0.15, 0.2) is 12.1 Å². The lowest BCUT2D eigenvalue weighted by molar-refractivity contribution is -0.385. The third-order valence-corrected chi connectivity index (χ3v) is 4.29. The van der Waals surface area contributed by atoms with Gasteiger partial charge in [0.25, 0.3) is 5.69 Å². The second-order valence-corrected chi connectivity index (χ2v) is 5.72. The van der Waals surface area contributed by atoms with Gasteiger partial charge in [-0.3, -0.25) is 10.1 Å². The van der Waals surface area contributed by atoms with Crippen LogP contribution in [0.25, 0.3) is 0 Å². The van der Waals surface area contributed by atoms with E-state index in [0.29, 0.717) is 24.3 Å². The molecule has 0 saturated heterocycles. The highest BCUT2D eigenvalue weighted by atomic mass is 19.3. The Morgan fingerprint density at radius 2 is 1.90 bits per heavy atom. The molecular weight excluding hydrogens is 284 g/mol. The van der Waals surface area contributed by atoms with Crippen LogP contribution in [-0.2, 0) is 12.0 Å². The van der Waals surface area contributed by atoms with Gasteiger partial charge in [0.15, 0.2) is 0 Å². The fraction of sp³-hybridized carbons (Fsp3) is 0.571. The topological polar surface area (TPSA) is 72.6 Å². The van der Waals surface area contributed by atoms with E-state index in [4.69, 9.17) is 4.74 Å². The molecule has 1 N–H and O–H groups in total. The number of nitro benzene ring substituents is 1. The molecule has 114 valence electrons. The monoisotopic (exact) mass is 299 g/mol. The summed E-state index contributed by atoms with van der Waals surface area (Å²) in [7, 11) is 0. The van der Waals surface area contributed by atoms with Crippen LogP contribution < -0.4 is 4.74 Å². The molecule has 1 saturated carbocycles. The minimum Gasteiger partial charge on any atom is -0.493 e.